The first-order valence-electron chi connectivity index (χ1n) is 6.64. The van der Waals surface area contributed by atoms with Gasteiger partial charge in [-0.25, -0.2) is 9.78 Å². The summed E-state index contributed by atoms with van der Waals surface area (Å²) in [6, 6.07) is 9.96. The van der Waals surface area contributed by atoms with Crippen LogP contribution in [0, 0.1) is 17.0 Å². The number of esters is 1. The van der Waals surface area contributed by atoms with Gasteiger partial charge in [0.25, 0.3) is 5.69 Å². The Morgan fingerprint density at radius 1 is 1.27 bits per heavy atom. The molecular formula is C15H15N3O4. The highest BCUT2D eigenvalue weighted by Gasteiger charge is 2.07. The van der Waals surface area contributed by atoms with E-state index in [1.165, 1.54) is 18.3 Å². The number of aryl methyl sites for hydroxylation is 1. The first kappa shape index (κ1) is 15.4. The van der Waals surface area contributed by atoms with E-state index in [-0.39, 0.29) is 12.3 Å². The van der Waals surface area contributed by atoms with E-state index in [0.717, 1.165) is 5.56 Å². The highest BCUT2D eigenvalue weighted by atomic mass is 16.6. The minimum atomic E-state index is -0.514. The monoisotopic (exact) mass is 301 g/mol. The second-order valence-electron chi connectivity index (χ2n) is 4.59. The van der Waals surface area contributed by atoms with Crippen molar-refractivity contribution in [2.45, 2.75) is 6.92 Å². The van der Waals surface area contributed by atoms with E-state index in [4.69, 9.17) is 4.74 Å². The topological polar surface area (TPSA) is 94.4 Å². The normalized spacial score (nSPS) is 10.0. The van der Waals surface area contributed by atoms with E-state index in [1.54, 1.807) is 12.1 Å². The highest BCUT2D eigenvalue weighted by Crippen LogP contribution is 2.11. The summed E-state index contributed by atoms with van der Waals surface area (Å²) in [6.45, 7) is 2.48. The first-order chi connectivity index (χ1) is 10.6. The number of pyridine rings is 1. The molecule has 0 bridgehead atoms. The summed E-state index contributed by atoms with van der Waals surface area (Å²) in [7, 11) is 0. The quantitative estimate of drug-likeness (QED) is 0.381. The van der Waals surface area contributed by atoms with Crippen LogP contribution < -0.4 is 5.32 Å². The van der Waals surface area contributed by atoms with Gasteiger partial charge in [0.2, 0.25) is 0 Å². The number of carbonyl (C=O) groups is 1. The van der Waals surface area contributed by atoms with Crippen LogP contribution >= 0.6 is 0 Å². The number of anilines is 1. The molecule has 7 nitrogen and oxygen atoms in total. The van der Waals surface area contributed by atoms with Gasteiger partial charge < -0.3 is 10.1 Å². The molecule has 1 aromatic carbocycles. The van der Waals surface area contributed by atoms with Crippen LogP contribution in [0.15, 0.2) is 42.6 Å². The van der Waals surface area contributed by atoms with Crippen molar-refractivity contribution in [2.24, 2.45) is 0 Å². The maximum Gasteiger partial charge on any atom is 0.338 e. The van der Waals surface area contributed by atoms with Gasteiger partial charge in [-0.15, -0.1) is 0 Å². The Bertz CT molecular complexity index is 653. The molecule has 0 spiro atoms. The fraction of sp³-hybridized carbons (Fsp3) is 0.200. The van der Waals surface area contributed by atoms with Crippen molar-refractivity contribution in [3.8, 4) is 0 Å². The van der Waals surface area contributed by atoms with E-state index in [9.17, 15) is 14.9 Å². The van der Waals surface area contributed by atoms with Crippen LogP contribution in [-0.4, -0.2) is 29.0 Å². The summed E-state index contributed by atoms with van der Waals surface area (Å²) >= 11 is 0. The molecule has 2 aromatic rings. The molecule has 0 saturated carbocycles. The number of nitrogens with one attached hydrogen (secondary N) is 1. The Morgan fingerprint density at radius 2 is 2.00 bits per heavy atom. The fourth-order valence-electron chi connectivity index (χ4n) is 1.69. The Morgan fingerprint density at radius 3 is 2.59 bits per heavy atom. The van der Waals surface area contributed by atoms with Crippen LogP contribution in [-0.2, 0) is 4.74 Å². The van der Waals surface area contributed by atoms with Gasteiger partial charge in [-0.05, 0) is 25.1 Å². The molecule has 0 amide bonds. The predicted octanol–water partition coefficient (Wildman–Crippen LogP) is 2.57. The molecule has 7 heteroatoms. The molecule has 114 valence electrons. The van der Waals surface area contributed by atoms with Crippen LogP contribution in [0.1, 0.15) is 15.9 Å². The van der Waals surface area contributed by atoms with Crippen molar-refractivity contribution in [3.05, 3.63) is 63.8 Å². The molecule has 2 rings (SSSR count). The smallest absolute Gasteiger partial charge is 0.338 e. The van der Waals surface area contributed by atoms with Crippen molar-refractivity contribution in [1.29, 1.82) is 0 Å². The lowest BCUT2D eigenvalue weighted by atomic mass is 10.1. The second-order valence-corrected chi connectivity index (χ2v) is 4.59. The predicted molar refractivity (Wildman–Crippen MR) is 80.8 cm³/mol. The third-order valence-corrected chi connectivity index (χ3v) is 2.89. The van der Waals surface area contributed by atoms with Crippen molar-refractivity contribution in [3.63, 3.8) is 0 Å². The molecule has 1 heterocycles. The zero-order valence-electron chi connectivity index (χ0n) is 12.0. The fourth-order valence-corrected chi connectivity index (χ4v) is 1.69. The van der Waals surface area contributed by atoms with E-state index >= 15 is 0 Å². The van der Waals surface area contributed by atoms with E-state index in [1.807, 2.05) is 19.1 Å². The Kier molecular flexibility index (Phi) is 5.02. The zero-order valence-corrected chi connectivity index (χ0v) is 12.0. The van der Waals surface area contributed by atoms with Gasteiger partial charge in [0.1, 0.15) is 18.6 Å². The molecule has 0 saturated heterocycles. The molecule has 0 aliphatic rings. The molecule has 1 aromatic heterocycles. The maximum atomic E-state index is 11.7. The summed E-state index contributed by atoms with van der Waals surface area (Å²) in [5.74, 6) is 0.0930. The van der Waals surface area contributed by atoms with Gasteiger partial charge in [0.05, 0.1) is 17.0 Å². The van der Waals surface area contributed by atoms with Gasteiger partial charge >= 0.3 is 5.97 Å². The molecule has 0 aliphatic heterocycles. The molecule has 0 atom stereocenters. The standard InChI is InChI=1S/C15H15N3O4/c1-11-2-4-12(5-3-11)15(19)22-9-8-16-14-7-6-13(10-17-14)18(20)21/h2-7,10H,8-9H2,1H3,(H,16,17). The summed E-state index contributed by atoms with van der Waals surface area (Å²) < 4.78 is 5.11. The number of ether oxygens (including phenoxy) is 1. The number of benzene rings is 1. The Hall–Kier alpha value is -2.96. The van der Waals surface area contributed by atoms with Crippen molar-refractivity contribution in [1.82, 2.24) is 4.98 Å². The number of rotatable bonds is 6. The number of hydrogen-bond acceptors (Lipinski definition) is 6. The van der Waals surface area contributed by atoms with Crippen molar-refractivity contribution in [2.75, 3.05) is 18.5 Å². The molecule has 0 radical (unpaired) electrons. The van der Waals surface area contributed by atoms with Crippen LogP contribution in [0.2, 0.25) is 0 Å². The third kappa shape index (κ3) is 4.27. The largest absolute Gasteiger partial charge is 0.460 e. The Balaban J connectivity index is 1.75. The summed E-state index contributed by atoms with van der Waals surface area (Å²) in [4.78, 5) is 25.6. The summed E-state index contributed by atoms with van der Waals surface area (Å²) in [5, 5.41) is 13.4. The molecule has 0 fully saturated rings. The van der Waals surface area contributed by atoms with Crippen molar-refractivity contribution < 1.29 is 14.5 Å². The molecule has 0 aliphatic carbocycles. The van der Waals surface area contributed by atoms with Gasteiger partial charge in [0.15, 0.2) is 0 Å². The maximum absolute atomic E-state index is 11.7. The van der Waals surface area contributed by atoms with Crippen LogP contribution in [0.5, 0.6) is 0 Å². The molecule has 22 heavy (non-hydrogen) atoms. The minimum absolute atomic E-state index is 0.0728. The van der Waals surface area contributed by atoms with Gasteiger partial charge in [-0.2, -0.15) is 0 Å². The number of carbonyl (C=O) groups excluding carboxylic acids is 1. The molecule has 0 unspecified atom stereocenters. The average molecular weight is 301 g/mol. The lowest BCUT2D eigenvalue weighted by Gasteiger charge is -2.07. The number of nitro groups is 1. The lowest BCUT2D eigenvalue weighted by molar-refractivity contribution is -0.385. The van der Waals surface area contributed by atoms with Gasteiger partial charge in [-0.3, -0.25) is 10.1 Å². The number of nitrogens with zero attached hydrogens (tertiary/aromatic N) is 2. The van der Waals surface area contributed by atoms with E-state index in [2.05, 4.69) is 10.3 Å². The van der Waals surface area contributed by atoms with Crippen LogP contribution in [0.25, 0.3) is 0 Å². The van der Waals surface area contributed by atoms with Crippen LogP contribution in [0.4, 0.5) is 11.5 Å². The molecule has 1 N–H and O–H groups in total. The SMILES string of the molecule is Cc1ccc(C(=O)OCCNc2ccc([N+](=O)[O-])cn2)cc1. The zero-order chi connectivity index (χ0) is 15.9. The van der Waals surface area contributed by atoms with Gasteiger partial charge in [0, 0.05) is 6.07 Å². The summed E-state index contributed by atoms with van der Waals surface area (Å²) in [6.07, 6.45) is 1.17. The molecular weight excluding hydrogens is 286 g/mol. The third-order valence-electron chi connectivity index (χ3n) is 2.89. The van der Waals surface area contributed by atoms with Crippen molar-refractivity contribution >= 4 is 17.5 Å². The number of aromatic nitrogens is 1. The van der Waals surface area contributed by atoms with E-state index in [0.29, 0.717) is 17.9 Å². The lowest BCUT2D eigenvalue weighted by Crippen LogP contribution is -2.14. The average Bonchev–Trinajstić information content (AvgIpc) is 2.52. The van der Waals surface area contributed by atoms with Crippen LogP contribution in [0.3, 0.4) is 0 Å². The second kappa shape index (κ2) is 7.16. The van der Waals surface area contributed by atoms with Gasteiger partial charge in [-0.1, -0.05) is 17.7 Å². The number of hydrogen-bond donors (Lipinski definition) is 1. The minimum Gasteiger partial charge on any atom is -0.460 e. The highest BCUT2D eigenvalue weighted by molar-refractivity contribution is 5.89. The summed E-state index contributed by atoms with van der Waals surface area (Å²) in [5.41, 5.74) is 1.50. The Labute approximate surface area is 127 Å². The van der Waals surface area contributed by atoms with E-state index < -0.39 is 10.9 Å². The first-order valence-corrected chi connectivity index (χ1v) is 6.64.